The van der Waals surface area contributed by atoms with E-state index in [-0.39, 0.29) is 23.4 Å². The Morgan fingerprint density at radius 1 is 1.23 bits per heavy atom. The number of amides is 2. The van der Waals surface area contributed by atoms with Crippen molar-refractivity contribution < 1.29 is 18.0 Å². The number of carbonyl (C=O) groups is 2. The molecule has 2 aromatic rings. The highest BCUT2D eigenvalue weighted by Crippen LogP contribution is 2.34. The maximum atomic E-state index is 13.0. The van der Waals surface area contributed by atoms with E-state index in [9.17, 15) is 18.0 Å². The number of fused-ring (bicyclic) bond motifs is 1. The Kier molecular flexibility index (Phi) is 6.35. The summed E-state index contributed by atoms with van der Waals surface area (Å²) >= 11 is 3.40. The van der Waals surface area contributed by atoms with Crippen molar-refractivity contribution in [1.82, 2.24) is 4.31 Å². The van der Waals surface area contributed by atoms with Crippen LogP contribution in [-0.2, 0) is 26.0 Å². The first-order chi connectivity index (χ1) is 14.0. The third-order valence-electron chi connectivity index (χ3n) is 5.12. The summed E-state index contributed by atoms with van der Waals surface area (Å²) in [5, 5.41) is 2.72. The smallest absolute Gasteiger partial charge is 0.243 e. The molecule has 1 atom stereocenters. The van der Waals surface area contributed by atoms with Crippen LogP contribution in [0.2, 0.25) is 0 Å². The number of anilines is 2. The zero-order chi connectivity index (χ0) is 22.2. The van der Waals surface area contributed by atoms with E-state index in [4.69, 9.17) is 0 Å². The van der Waals surface area contributed by atoms with Crippen LogP contribution in [0.25, 0.3) is 0 Å². The van der Waals surface area contributed by atoms with E-state index in [0.29, 0.717) is 12.1 Å². The molecule has 7 nitrogen and oxygen atoms in total. The fourth-order valence-corrected chi connectivity index (χ4v) is 5.06. The third kappa shape index (κ3) is 4.43. The summed E-state index contributed by atoms with van der Waals surface area (Å²) in [6, 6.07) is 10.1. The first kappa shape index (κ1) is 22.5. The predicted molar refractivity (Wildman–Crippen MR) is 120 cm³/mol. The molecule has 0 radical (unpaired) electrons. The lowest BCUT2D eigenvalue weighted by molar-refractivity contribution is -0.117. The Morgan fingerprint density at radius 2 is 1.93 bits per heavy atom. The molecule has 2 amide bonds. The minimum atomic E-state index is -3.86. The van der Waals surface area contributed by atoms with Crippen molar-refractivity contribution >= 4 is 49.1 Å². The van der Waals surface area contributed by atoms with Gasteiger partial charge in [0.15, 0.2) is 0 Å². The Hall–Kier alpha value is -2.23. The molecule has 1 N–H and O–H groups in total. The van der Waals surface area contributed by atoms with E-state index >= 15 is 0 Å². The number of nitrogens with one attached hydrogen (secondary N) is 1. The van der Waals surface area contributed by atoms with Crippen LogP contribution in [-0.4, -0.2) is 44.2 Å². The van der Waals surface area contributed by atoms with E-state index in [2.05, 4.69) is 21.2 Å². The minimum absolute atomic E-state index is 0.0201. The second-order valence-electron chi connectivity index (χ2n) is 7.51. The van der Waals surface area contributed by atoms with Gasteiger partial charge in [-0.15, -0.1) is 0 Å². The van der Waals surface area contributed by atoms with Gasteiger partial charge in [0.05, 0.1) is 11.4 Å². The number of carbonyl (C=O) groups excluding carboxylic acids is 2. The quantitative estimate of drug-likeness (QED) is 0.691. The van der Waals surface area contributed by atoms with Gasteiger partial charge in [0.1, 0.15) is 0 Å². The second-order valence-corrected chi connectivity index (χ2v) is 10.4. The van der Waals surface area contributed by atoms with Crippen LogP contribution in [0.5, 0.6) is 0 Å². The number of hydrogen-bond donors (Lipinski definition) is 1. The summed E-state index contributed by atoms with van der Waals surface area (Å²) in [4.78, 5) is 26.0. The van der Waals surface area contributed by atoms with Crippen LogP contribution in [0.4, 0.5) is 11.4 Å². The van der Waals surface area contributed by atoms with Crippen molar-refractivity contribution in [2.75, 3.05) is 23.8 Å². The van der Waals surface area contributed by atoms with Crippen LogP contribution in [0.3, 0.4) is 0 Å². The number of nitrogens with zero attached hydrogens (tertiary/aromatic N) is 2. The Bertz CT molecular complexity index is 1120. The summed E-state index contributed by atoms with van der Waals surface area (Å²) in [5.74, 6) is -0.505. The summed E-state index contributed by atoms with van der Waals surface area (Å²) in [5.41, 5.74) is 3.10. The number of likely N-dealkylation sites (N-methyl/N-ethyl adjacent to an activating group) is 1. The predicted octanol–water partition coefficient (Wildman–Crippen LogP) is 3.31. The summed E-state index contributed by atoms with van der Waals surface area (Å²) < 4.78 is 27.9. The van der Waals surface area contributed by atoms with Crippen LogP contribution in [0.1, 0.15) is 25.0 Å². The first-order valence-corrected chi connectivity index (χ1v) is 11.7. The molecule has 0 saturated heterocycles. The van der Waals surface area contributed by atoms with Gasteiger partial charge in [0, 0.05) is 35.9 Å². The Labute approximate surface area is 185 Å². The van der Waals surface area contributed by atoms with Gasteiger partial charge in [0.25, 0.3) is 0 Å². The number of sulfonamides is 1. The van der Waals surface area contributed by atoms with Gasteiger partial charge in [-0.3, -0.25) is 9.59 Å². The number of aryl methyl sites for hydroxylation is 1. The SMILES string of the molecule is CC(=O)N1c2ccc(S(=O)(=O)N(C)CC(=O)Nc3ccc(Br)c(C)c3)cc2CC1C. The zero-order valence-electron chi connectivity index (χ0n) is 17.3. The number of rotatable bonds is 5. The highest BCUT2D eigenvalue weighted by atomic mass is 79.9. The molecule has 1 aliphatic heterocycles. The second kappa shape index (κ2) is 8.49. The van der Waals surface area contributed by atoms with Crippen molar-refractivity contribution in [3.8, 4) is 0 Å². The van der Waals surface area contributed by atoms with E-state index in [1.165, 1.54) is 20.0 Å². The van der Waals surface area contributed by atoms with Gasteiger partial charge in [-0.1, -0.05) is 15.9 Å². The molecule has 9 heteroatoms. The molecule has 1 aliphatic rings. The van der Waals surface area contributed by atoms with Crippen LogP contribution >= 0.6 is 15.9 Å². The molecule has 160 valence electrons. The van der Waals surface area contributed by atoms with Crippen molar-refractivity contribution in [2.45, 2.75) is 38.1 Å². The fourth-order valence-electron chi connectivity index (χ4n) is 3.64. The third-order valence-corrected chi connectivity index (χ3v) is 7.81. The summed E-state index contributed by atoms with van der Waals surface area (Å²) in [7, 11) is -2.48. The van der Waals surface area contributed by atoms with E-state index in [1.54, 1.807) is 29.2 Å². The average molecular weight is 494 g/mol. The topological polar surface area (TPSA) is 86.8 Å². The lowest BCUT2D eigenvalue weighted by Crippen LogP contribution is -2.35. The summed E-state index contributed by atoms with van der Waals surface area (Å²) in [6.07, 6.45) is 0.589. The van der Waals surface area contributed by atoms with Crippen molar-refractivity contribution in [3.05, 3.63) is 52.0 Å². The molecular weight excluding hydrogens is 470 g/mol. The number of halogens is 1. The molecule has 0 saturated carbocycles. The number of hydrogen-bond acceptors (Lipinski definition) is 4. The fraction of sp³-hybridized carbons (Fsp3) is 0.333. The molecule has 0 spiro atoms. The van der Waals surface area contributed by atoms with Crippen LogP contribution < -0.4 is 10.2 Å². The molecule has 3 rings (SSSR count). The van der Waals surface area contributed by atoms with E-state index in [1.807, 2.05) is 19.9 Å². The first-order valence-electron chi connectivity index (χ1n) is 9.45. The van der Waals surface area contributed by atoms with Crippen LogP contribution in [0, 0.1) is 6.92 Å². The van der Waals surface area contributed by atoms with Gasteiger partial charge in [-0.25, -0.2) is 8.42 Å². The van der Waals surface area contributed by atoms with Gasteiger partial charge in [-0.05, 0) is 67.8 Å². The molecule has 0 bridgehead atoms. The average Bonchev–Trinajstić information content (AvgIpc) is 2.99. The monoisotopic (exact) mass is 493 g/mol. The maximum Gasteiger partial charge on any atom is 0.243 e. The lowest BCUT2D eigenvalue weighted by Gasteiger charge is -2.21. The van der Waals surface area contributed by atoms with Gasteiger partial charge in [-0.2, -0.15) is 4.31 Å². The van der Waals surface area contributed by atoms with Crippen molar-refractivity contribution in [3.63, 3.8) is 0 Å². The summed E-state index contributed by atoms with van der Waals surface area (Å²) in [6.45, 7) is 5.01. The lowest BCUT2D eigenvalue weighted by atomic mass is 10.1. The van der Waals surface area contributed by atoms with Crippen molar-refractivity contribution in [2.24, 2.45) is 0 Å². The van der Waals surface area contributed by atoms with Crippen LogP contribution in [0.15, 0.2) is 45.8 Å². The normalized spacial score (nSPS) is 15.9. The molecular formula is C21H24BrN3O4S. The zero-order valence-corrected chi connectivity index (χ0v) is 19.7. The Balaban J connectivity index is 1.75. The number of benzene rings is 2. The van der Waals surface area contributed by atoms with Gasteiger partial charge < -0.3 is 10.2 Å². The molecule has 0 aromatic heterocycles. The Morgan fingerprint density at radius 3 is 2.57 bits per heavy atom. The van der Waals surface area contributed by atoms with E-state index < -0.39 is 15.9 Å². The maximum absolute atomic E-state index is 13.0. The minimum Gasteiger partial charge on any atom is -0.325 e. The molecule has 30 heavy (non-hydrogen) atoms. The van der Waals surface area contributed by atoms with Gasteiger partial charge >= 0.3 is 0 Å². The van der Waals surface area contributed by atoms with Gasteiger partial charge in [0.2, 0.25) is 21.8 Å². The molecule has 2 aromatic carbocycles. The molecule has 1 heterocycles. The van der Waals surface area contributed by atoms with E-state index in [0.717, 1.165) is 25.6 Å². The molecule has 0 fully saturated rings. The molecule has 1 unspecified atom stereocenters. The standard InChI is InChI=1S/C21H24BrN3O4S/c1-13-9-17(5-7-19(13)22)23-21(27)12-24(4)30(28,29)18-6-8-20-16(11-18)10-14(2)25(20)15(3)26/h5-9,11,14H,10,12H2,1-4H3,(H,23,27). The molecule has 0 aliphatic carbocycles. The highest BCUT2D eigenvalue weighted by Gasteiger charge is 2.31. The van der Waals surface area contributed by atoms with Crippen molar-refractivity contribution in [1.29, 1.82) is 0 Å². The highest BCUT2D eigenvalue weighted by molar-refractivity contribution is 9.10. The largest absolute Gasteiger partial charge is 0.325 e.